The molecule has 4 heteroatoms. The number of ether oxygens (including phenoxy) is 1. The summed E-state index contributed by atoms with van der Waals surface area (Å²) in [5.41, 5.74) is 8.07. The lowest BCUT2D eigenvalue weighted by Crippen LogP contribution is -2.52. The summed E-state index contributed by atoms with van der Waals surface area (Å²) in [6.07, 6.45) is 6.76. The van der Waals surface area contributed by atoms with Crippen LogP contribution in [0.1, 0.15) is 53.9 Å². The van der Waals surface area contributed by atoms with Crippen LogP contribution in [0.25, 0.3) is 11.1 Å². The van der Waals surface area contributed by atoms with Crippen molar-refractivity contribution in [3.05, 3.63) is 107 Å². The summed E-state index contributed by atoms with van der Waals surface area (Å²) in [4.78, 5) is 15.4. The molecule has 2 heterocycles. The number of hydrogen-bond acceptors (Lipinski definition) is 3. The standard InChI is InChI=1S/C31H28N2O2/c32-19-23-9-2-1-8-22(23)16-21-17-24-10-7-11-25(18-21)33(24)31(34)35-20-30-28-14-5-3-12-26(28)27-13-4-6-15-29(27)30/h1-6,8-9,12-15,17,24-25,30H,7,10-11,16,18,20H2. The maximum atomic E-state index is 13.4. The third-order valence-electron chi connectivity index (χ3n) is 7.82. The number of nitrogens with zero attached hydrogens (tertiary/aromatic N) is 2. The fraction of sp³-hybridized carbons (Fsp3) is 0.290. The van der Waals surface area contributed by atoms with Crippen LogP contribution in [0.4, 0.5) is 4.79 Å². The van der Waals surface area contributed by atoms with Gasteiger partial charge in [0, 0.05) is 12.0 Å². The summed E-state index contributed by atoms with van der Waals surface area (Å²) in [5, 5.41) is 9.46. The summed E-state index contributed by atoms with van der Waals surface area (Å²) < 4.78 is 6.02. The average Bonchev–Trinajstić information content (AvgIpc) is 3.21. The molecular formula is C31H28N2O2. The third kappa shape index (κ3) is 3.91. The highest BCUT2D eigenvalue weighted by molar-refractivity contribution is 5.79. The number of amides is 1. The van der Waals surface area contributed by atoms with Crippen molar-refractivity contribution in [3.8, 4) is 17.2 Å². The molecule has 3 aromatic carbocycles. The lowest BCUT2D eigenvalue weighted by Gasteiger charge is -2.44. The van der Waals surface area contributed by atoms with Gasteiger partial charge >= 0.3 is 6.09 Å². The summed E-state index contributed by atoms with van der Waals surface area (Å²) in [6, 6.07) is 27.2. The fourth-order valence-corrected chi connectivity index (χ4v) is 6.23. The zero-order valence-corrected chi connectivity index (χ0v) is 19.7. The molecule has 6 rings (SSSR count). The van der Waals surface area contributed by atoms with E-state index in [1.54, 1.807) is 0 Å². The van der Waals surface area contributed by atoms with Crippen LogP contribution >= 0.6 is 0 Å². The number of rotatable bonds is 4. The quantitative estimate of drug-likeness (QED) is 0.412. The molecule has 3 aromatic rings. The second-order valence-electron chi connectivity index (χ2n) is 9.84. The predicted molar refractivity (Wildman–Crippen MR) is 136 cm³/mol. The largest absolute Gasteiger partial charge is 0.448 e. The molecule has 0 spiro atoms. The van der Waals surface area contributed by atoms with Gasteiger partial charge in [0.2, 0.25) is 0 Å². The molecule has 2 bridgehead atoms. The van der Waals surface area contributed by atoms with E-state index in [0.717, 1.165) is 43.2 Å². The zero-order valence-electron chi connectivity index (χ0n) is 19.7. The maximum Gasteiger partial charge on any atom is 0.410 e. The molecule has 35 heavy (non-hydrogen) atoms. The van der Waals surface area contributed by atoms with E-state index in [4.69, 9.17) is 4.74 Å². The van der Waals surface area contributed by atoms with Crippen molar-refractivity contribution in [1.82, 2.24) is 4.90 Å². The first-order valence-corrected chi connectivity index (χ1v) is 12.5. The molecular weight excluding hydrogens is 432 g/mol. The van der Waals surface area contributed by atoms with Crippen molar-refractivity contribution in [1.29, 1.82) is 5.26 Å². The fourth-order valence-electron chi connectivity index (χ4n) is 6.23. The molecule has 2 unspecified atom stereocenters. The van der Waals surface area contributed by atoms with E-state index in [1.807, 2.05) is 29.2 Å². The Labute approximate surface area is 206 Å². The Morgan fingerprint density at radius 2 is 1.63 bits per heavy atom. The number of nitriles is 1. The lowest BCUT2D eigenvalue weighted by molar-refractivity contribution is 0.0509. The van der Waals surface area contributed by atoms with Crippen LogP contribution in [0.3, 0.4) is 0 Å². The smallest absolute Gasteiger partial charge is 0.410 e. The minimum atomic E-state index is -0.200. The van der Waals surface area contributed by atoms with Crippen LogP contribution in [0, 0.1) is 11.3 Å². The second-order valence-corrected chi connectivity index (χ2v) is 9.84. The number of hydrogen-bond donors (Lipinski definition) is 0. The number of carbonyl (C=O) groups is 1. The molecule has 4 nitrogen and oxygen atoms in total. The van der Waals surface area contributed by atoms with E-state index in [9.17, 15) is 10.1 Å². The highest BCUT2D eigenvalue weighted by Crippen LogP contribution is 2.45. The first-order chi connectivity index (χ1) is 17.2. The highest BCUT2D eigenvalue weighted by Gasteiger charge is 2.39. The van der Waals surface area contributed by atoms with Gasteiger partial charge in [-0.25, -0.2) is 4.79 Å². The van der Waals surface area contributed by atoms with Gasteiger partial charge in [0.05, 0.1) is 17.7 Å². The van der Waals surface area contributed by atoms with Gasteiger partial charge in [0.25, 0.3) is 0 Å². The van der Waals surface area contributed by atoms with Gasteiger partial charge in [-0.2, -0.15) is 5.26 Å². The first kappa shape index (κ1) is 21.7. The lowest BCUT2D eigenvalue weighted by atomic mass is 9.83. The molecule has 0 aromatic heterocycles. The van der Waals surface area contributed by atoms with Gasteiger partial charge < -0.3 is 4.74 Å². The molecule has 1 fully saturated rings. The van der Waals surface area contributed by atoms with Crippen LogP contribution in [0.15, 0.2) is 84.4 Å². The molecule has 2 aliphatic heterocycles. The molecule has 0 N–H and O–H groups in total. The van der Waals surface area contributed by atoms with Crippen molar-refractivity contribution in [2.75, 3.05) is 6.61 Å². The van der Waals surface area contributed by atoms with E-state index in [-0.39, 0.29) is 24.1 Å². The Balaban J connectivity index is 1.19. The molecule has 1 saturated heterocycles. The van der Waals surface area contributed by atoms with Crippen LogP contribution in [0.2, 0.25) is 0 Å². The molecule has 0 saturated carbocycles. The average molecular weight is 461 g/mol. The van der Waals surface area contributed by atoms with Gasteiger partial charge in [-0.3, -0.25) is 4.90 Å². The highest BCUT2D eigenvalue weighted by atomic mass is 16.6. The molecule has 174 valence electrons. The number of fused-ring (bicyclic) bond motifs is 5. The van der Waals surface area contributed by atoms with Crippen LogP contribution in [-0.2, 0) is 11.2 Å². The number of benzene rings is 3. The van der Waals surface area contributed by atoms with Gasteiger partial charge in [0.15, 0.2) is 0 Å². The van der Waals surface area contributed by atoms with Gasteiger partial charge in [-0.1, -0.05) is 78.4 Å². The van der Waals surface area contributed by atoms with Crippen LogP contribution in [0.5, 0.6) is 0 Å². The van der Waals surface area contributed by atoms with Crippen molar-refractivity contribution in [2.45, 2.75) is 50.1 Å². The maximum absolute atomic E-state index is 13.4. The van der Waals surface area contributed by atoms with Crippen LogP contribution < -0.4 is 0 Å². The molecule has 1 aliphatic carbocycles. The van der Waals surface area contributed by atoms with Gasteiger partial charge in [-0.05, 0) is 66.0 Å². The zero-order chi connectivity index (χ0) is 23.8. The SMILES string of the molecule is N#Cc1ccccc1CC1=CC2CCCC(C1)N2C(=O)OCC1c2ccccc2-c2ccccc21. The minimum absolute atomic E-state index is 0.0717. The third-order valence-corrected chi connectivity index (χ3v) is 7.82. The van der Waals surface area contributed by atoms with E-state index in [1.165, 1.54) is 27.8 Å². The van der Waals surface area contributed by atoms with Crippen molar-refractivity contribution in [3.63, 3.8) is 0 Å². The number of piperidine rings is 1. The van der Waals surface area contributed by atoms with Gasteiger partial charge in [0.1, 0.15) is 6.61 Å². The van der Waals surface area contributed by atoms with Crippen molar-refractivity contribution < 1.29 is 9.53 Å². The Bertz CT molecular complexity index is 1310. The summed E-state index contributed by atoms with van der Waals surface area (Å²) >= 11 is 0. The Kier molecular flexibility index (Phi) is 5.62. The molecule has 3 aliphatic rings. The first-order valence-electron chi connectivity index (χ1n) is 12.5. The van der Waals surface area contributed by atoms with Crippen LogP contribution in [-0.4, -0.2) is 29.7 Å². The Morgan fingerprint density at radius 3 is 2.34 bits per heavy atom. The van der Waals surface area contributed by atoms with Crippen molar-refractivity contribution in [2.24, 2.45) is 0 Å². The van der Waals surface area contributed by atoms with Gasteiger partial charge in [-0.15, -0.1) is 0 Å². The van der Waals surface area contributed by atoms with E-state index in [2.05, 4.69) is 60.7 Å². The Morgan fingerprint density at radius 1 is 0.943 bits per heavy atom. The minimum Gasteiger partial charge on any atom is -0.448 e. The van der Waals surface area contributed by atoms with E-state index >= 15 is 0 Å². The summed E-state index contributed by atoms with van der Waals surface area (Å²) in [5.74, 6) is 0.0737. The Hall–Kier alpha value is -3.84. The monoisotopic (exact) mass is 460 g/mol. The molecule has 0 radical (unpaired) electrons. The summed E-state index contributed by atoms with van der Waals surface area (Å²) in [6.45, 7) is 0.356. The van der Waals surface area contributed by atoms with E-state index in [0.29, 0.717) is 6.61 Å². The molecule has 2 atom stereocenters. The van der Waals surface area contributed by atoms with Crippen molar-refractivity contribution >= 4 is 6.09 Å². The topological polar surface area (TPSA) is 53.3 Å². The number of carbonyl (C=O) groups excluding carboxylic acids is 1. The normalized spacial score (nSPS) is 20.4. The molecule has 1 amide bonds. The van der Waals surface area contributed by atoms with E-state index < -0.39 is 0 Å². The summed E-state index contributed by atoms with van der Waals surface area (Å²) in [7, 11) is 0. The second kappa shape index (κ2) is 9.07. The predicted octanol–water partition coefficient (Wildman–Crippen LogP) is 6.60.